The van der Waals surface area contributed by atoms with Crippen LogP contribution in [0.15, 0.2) is 24.3 Å². The fraction of sp³-hybridized carbons (Fsp3) is 0.478. The molecule has 0 spiro atoms. The maximum Gasteiger partial charge on any atom is 0.267 e. The van der Waals surface area contributed by atoms with E-state index < -0.39 is 11.7 Å². The van der Waals surface area contributed by atoms with Crippen LogP contribution in [0.25, 0.3) is 11.1 Å². The zero-order valence-electron chi connectivity index (χ0n) is 17.4. The van der Waals surface area contributed by atoms with Crippen molar-refractivity contribution in [3.63, 3.8) is 0 Å². The molecule has 3 heterocycles. The summed E-state index contributed by atoms with van der Waals surface area (Å²) < 4.78 is 20.5. The summed E-state index contributed by atoms with van der Waals surface area (Å²) in [5, 5.41) is 0.333. The minimum absolute atomic E-state index is 0.0900. The molecule has 1 unspecified atom stereocenters. The Kier molecular flexibility index (Phi) is 5.84. The van der Waals surface area contributed by atoms with E-state index in [1.165, 1.54) is 6.07 Å². The molecule has 1 aromatic carbocycles. The molecule has 160 valence electrons. The predicted octanol–water partition coefficient (Wildman–Crippen LogP) is 4.20. The third kappa shape index (κ3) is 4.51. The van der Waals surface area contributed by atoms with Gasteiger partial charge in [-0.15, -0.1) is 0 Å². The van der Waals surface area contributed by atoms with Gasteiger partial charge in [0.15, 0.2) is 0 Å². The van der Waals surface area contributed by atoms with E-state index in [0.29, 0.717) is 28.6 Å². The highest BCUT2D eigenvalue weighted by atomic mass is 35.5. The van der Waals surface area contributed by atoms with E-state index in [2.05, 4.69) is 23.7 Å². The molecule has 1 saturated heterocycles. The highest BCUT2D eigenvalue weighted by Crippen LogP contribution is 2.34. The van der Waals surface area contributed by atoms with Gasteiger partial charge in [-0.3, -0.25) is 9.69 Å². The van der Waals surface area contributed by atoms with E-state index in [0.717, 1.165) is 50.2 Å². The second-order valence-electron chi connectivity index (χ2n) is 8.92. The van der Waals surface area contributed by atoms with Gasteiger partial charge in [-0.05, 0) is 74.4 Å². The van der Waals surface area contributed by atoms with Gasteiger partial charge in [0, 0.05) is 36.8 Å². The summed E-state index contributed by atoms with van der Waals surface area (Å²) in [7, 11) is 0. The number of hydrogen-bond donors (Lipinski definition) is 1. The lowest BCUT2D eigenvalue weighted by molar-refractivity contribution is -0.0773. The molecular weight excluding hydrogens is 405 g/mol. The van der Waals surface area contributed by atoms with Crippen LogP contribution in [0, 0.1) is 11.7 Å². The van der Waals surface area contributed by atoms with Crippen LogP contribution in [-0.2, 0) is 17.7 Å². The molecule has 4 rings (SSSR count). The van der Waals surface area contributed by atoms with Crippen LogP contribution >= 0.6 is 11.6 Å². The average Bonchev–Trinajstić information content (AvgIpc) is 2.66. The predicted molar refractivity (Wildman–Crippen MR) is 115 cm³/mol. The van der Waals surface area contributed by atoms with E-state index in [4.69, 9.17) is 22.1 Å². The van der Waals surface area contributed by atoms with Crippen LogP contribution < -0.4 is 5.73 Å². The summed E-state index contributed by atoms with van der Waals surface area (Å²) in [6.45, 7) is 7.50. The second kappa shape index (κ2) is 8.25. The number of amides is 1. The molecule has 2 aliphatic rings. The van der Waals surface area contributed by atoms with Gasteiger partial charge in [-0.2, -0.15) is 0 Å². The van der Waals surface area contributed by atoms with E-state index in [-0.39, 0.29) is 11.3 Å². The zero-order valence-corrected chi connectivity index (χ0v) is 18.1. The Labute approximate surface area is 181 Å². The Morgan fingerprint density at radius 2 is 2.17 bits per heavy atom. The summed E-state index contributed by atoms with van der Waals surface area (Å²) in [6.07, 6.45) is 2.81. The maximum absolute atomic E-state index is 14.7. The highest BCUT2D eigenvalue weighted by molar-refractivity contribution is 6.30. The fourth-order valence-electron chi connectivity index (χ4n) is 4.70. The molecular formula is C23H27ClFN3O2. The minimum Gasteiger partial charge on any atom is -0.376 e. The summed E-state index contributed by atoms with van der Waals surface area (Å²) in [5.41, 5.74) is 8.46. The Balaban J connectivity index is 1.63. The molecule has 7 heteroatoms. The van der Waals surface area contributed by atoms with Crippen molar-refractivity contribution in [2.45, 2.75) is 45.3 Å². The highest BCUT2D eigenvalue weighted by Gasteiger charge is 2.31. The number of rotatable bonds is 4. The van der Waals surface area contributed by atoms with Crippen molar-refractivity contribution >= 4 is 17.5 Å². The first-order valence-electron chi connectivity index (χ1n) is 10.4. The number of pyridine rings is 1. The quantitative estimate of drug-likeness (QED) is 0.787. The third-order valence-electron chi connectivity index (χ3n) is 6.05. The van der Waals surface area contributed by atoms with Crippen LogP contribution in [0.5, 0.6) is 0 Å². The Morgan fingerprint density at radius 1 is 1.37 bits per heavy atom. The van der Waals surface area contributed by atoms with Crippen molar-refractivity contribution in [1.29, 1.82) is 0 Å². The number of carbonyl (C=O) groups is 1. The van der Waals surface area contributed by atoms with E-state index >= 15 is 0 Å². The second-order valence-corrected chi connectivity index (χ2v) is 9.36. The van der Waals surface area contributed by atoms with E-state index in [9.17, 15) is 9.18 Å². The van der Waals surface area contributed by atoms with Crippen molar-refractivity contribution in [3.8, 4) is 11.1 Å². The Bertz CT molecular complexity index is 979. The normalized spacial score (nSPS) is 21.3. The summed E-state index contributed by atoms with van der Waals surface area (Å²) in [4.78, 5) is 18.8. The first kappa shape index (κ1) is 21.2. The van der Waals surface area contributed by atoms with Crippen molar-refractivity contribution in [1.82, 2.24) is 9.88 Å². The minimum atomic E-state index is -0.614. The summed E-state index contributed by atoms with van der Waals surface area (Å²) >= 11 is 5.92. The smallest absolute Gasteiger partial charge is 0.267 e. The van der Waals surface area contributed by atoms with Gasteiger partial charge in [0.1, 0.15) is 11.5 Å². The van der Waals surface area contributed by atoms with Gasteiger partial charge in [0.25, 0.3) is 5.91 Å². The van der Waals surface area contributed by atoms with Gasteiger partial charge in [0.05, 0.1) is 11.3 Å². The van der Waals surface area contributed by atoms with E-state index in [1.54, 1.807) is 18.2 Å². The number of benzene rings is 1. The summed E-state index contributed by atoms with van der Waals surface area (Å²) in [5.74, 6) is -0.474. The molecule has 1 amide bonds. The number of nitrogens with zero attached hydrogens (tertiary/aromatic N) is 2. The molecule has 1 atom stereocenters. The molecule has 1 aromatic heterocycles. The van der Waals surface area contributed by atoms with Crippen LogP contribution in [0.4, 0.5) is 4.39 Å². The maximum atomic E-state index is 14.7. The SMILES string of the molecule is CC1(C)CC(CN2CCc3c(-c4ccc(Cl)cc4F)cc(C(N)=O)nc3C2)CCO1. The number of ether oxygens (including phenoxy) is 1. The van der Waals surface area contributed by atoms with Crippen molar-refractivity contribution in [2.75, 3.05) is 19.7 Å². The standard InChI is InChI=1S/C23H27ClFN3O2/c1-23(2)11-14(6-8-30-23)12-28-7-5-17-18(16-4-3-15(24)9-19(16)25)10-20(22(26)29)27-21(17)13-28/h3-4,9-10,14H,5-8,11-13H2,1-2H3,(H2,26,29). The molecule has 0 bridgehead atoms. The number of primary amides is 1. The number of hydrogen-bond acceptors (Lipinski definition) is 4. The molecule has 0 radical (unpaired) electrons. The molecule has 30 heavy (non-hydrogen) atoms. The van der Waals surface area contributed by atoms with Gasteiger partial charge < -0.3 is 10.5 Å². The fourth-order valence-corrected chi connectivity index (χ4v) is 4.86. The molecule has 0 saturated carbocycles. The first-order chi connectivity index (χ1) is 14.2. The number of aromatic nitrogens is 1. The molecule has 2 aliphatic heterocycles. The lowest BCUT2D eigenvalue weighted by Gasteiger charge is -2.39. The molecule has 1 fully saturated rings. The van der Waals surface area contributed by atoms with Crippen molar-refractivity contribution in [2.24, 2.45) is 11.7 Å². The van der Waals surface area contributed by atoms with Crippen LogP contribution in [0.2, 0.25) is 5.02 Å². The Hall–Kier alpha value is -2.02. The van der Waals surface area contributed by atoms with E-state index in [1.807, 2.05) is 0 Å². The molecule has 5 nitrogen and oxygen atoms in total. The average molecular weight is 432 g/mol. The molecule has 2 aromatic rings. The van der Waals surface area contributed by atoms with Crippen LogP contribution in [-0.4, -0.2) is 41.1 Å². The van der Waals surface area contributed by atoms with Crippen molar-refractivity contribution < 1.29 is 13.9 Å². The van der Waals surface area contributed by atoms with Gasteiger partial charge in [0.2, 0.25) is 0 Å². The lowest BCUT2D eigenvalue weighted by atomic mass is 9.87. The van der Waals surface area contributed by atoms with Gasteiger partial charge >= 0.3 is 0 Å². The van der Waals surface area contributed by atoms with Gasteiger partial charge in [-0.1, -0.05) is 11.6 Å². The van der Waals surface area contributed by atoms with Crippen molar-refractivity contribution in [3.05, 3.63) is 52.1 Å². The summed E-state index contributed by atoms with van der Waals surface area (Å²) in [6, 6.07) is 6.19. The largest absolute Gasteiger partial charge is 0.376 e. The zero-order chi connectivity index (χ0) is 21.5. The monoisotopic (exact) mass is 431 g/mol. The van der Waals surface area contributed by atoms with Crippen LogP contribution in [0.1, 0.15) is 48.4 Å². The van der Waals surface area contributed by atoms with Crippen LogP contribution in [0.3, 0.4) is 0 Å². The topological polar surface area (TPSA) is 68.5 Å². The van der Waals surface area contributed by atoms with Gasteiger partial charge in [-0.25, -0.2) is 9.37 Å². The Morgan fingerprint density at radius 3 is 2.87 bits per heavy atom. The lowest BCUT2D eigenvalue weighted by Crippen LogP contribution is -2.41. The first-order valence-corrected chi connectivity index (χ1v) is 10.7. The third-order valence-corrected chi connectivity index (χ3v) is 6.29. The number of fused-ring (bicyclic) bond motifs is 1. The molecule has 2 N–H and O–H groups in total. The number of nitrogens with two attached hydrogens (primary N) is 1. The number of carbonyl (C=O) groups excluding carboxylic acids is 1. The number of halogens is 2. The molecule has 0 aliphatic carbocycles.